The highest BCUT2D eigenvalue weighted by Gasteiger charge is 2.08. The molecule has 1 atom stereocenters. The van der Waals surface area contributed by atoms with Crippen LogP contribution >= 0.6 is 0 Å². The number of fused-ring (bicyclic) bond motifs is 1. The van der Waals surface area contributed by atoms with E-state index in [1.165, 1.54) is 0 Å². The van der Waals surface area contributed by atoms with E-state index in [0.717, 1.165) is 22.1 Å². The Kier molecular flexibility index (Phi) is 3.05. The first-order valence-electron chi connectivity index (χ1n) is 5.57. The summed E-state index contributed by atoms with van der Waals surface area (Å²) in [5.41, 5.74) is 1.06. The van der Waals surface area contributed by atoms with Gasteiger partial charge in [0.05, 0.1) is 12.9 Å². The van der Waals surface area contributed by atoms with E-state index in [1.807, 2.05) is 37.3 Å². The van der Waals surface area contributed by atoms with E-state index in [0.29, 0.717) is 0 Å². The van der Waals surface area contributed by atoms with Gasteiger partial charge in [0.15, 0.2) is 0 Å². The summed E-state index contributed by atoms with van der Waals surface area (Å²) >= 11 is 0. The Labute approximate surface area is 101 Å². The number of rotatable bonds is 3. The lowest BCUT2D eigenvalue weighted by Crippen LogP contribution is -1.95. The first-order valence-corrected chi connectivity index (χ1v) is 5.57. The summed E-state index contributed by atoms with van der Waals surface area (Å²) < 4.78 is 5.18. The molecule has 1 unspecified atom stereocenters. The molecule has 0 amide bonds. The smallest absolute Gasteiger partial charge is 0.119 e. The third-order valence-electron chi connectivity index (χ3n) is 3.07. The molecule has 0 aliphatic heterocycles. The normalized spacial score (nSPS) is 12.4. The Morgan fingerprint density at radius 1 is 1.18 bits per heavy atom. The highest BCUT2D eigenvalue weighted by Crippen LogP contribution is 2.27. The lowest BCUT2D eigenvalue weighted by atomic mass is 9.97. The number of methoxy groups -OCH3 is 1. The van der Waals surface area contributed by atoms with Gasteiger partial charge in [-0.2, -0.15) is 0 Å². The molecule has 0 spiro atoms. The van der Waals surface area contributed by atoms with E-state index >= 15 is 0 Å². The van der Waals surface area contributed by atoms with Crippen molar-refractivity contribution in [1.29, 1.82) is 0 Å². The molecule has 0 saturated carbocycles. The fourth-order valence-corrected chi connectivity index (χ4v) is 1.83. The second-order valence-corrected chi connectivity index (χ2v) is 4.19. The van der Waals surface area contributed by atoms with E-state index in [1.54, 1.807) is 7.11 Å². The number of hydrogen-bond donors (Lipinski definition) is 1. The second kappa shape index (κ2) is 4.50. The maximum absolute atomic E-state index is 9.41. The molecule has 2 rings (SSSR count). The largest absolute Gasteiger partial charge is 0.512 e. The van der Waals surface area contributed by atoms with Crippen LogP contribution in [0.1, 0.15) is 18.4 Å². The first-order chi connectivity index (χ1) is 8.11. The molecule has 88 valence electrons. The Morgan fingerprint density at radius 3 is 2.47 bits per heavy atom. The Bertz CT molecular complexity index is 558. The maximum Gasteiger partial charge on any atom is 0.119 e. The van der Waals surface area contributed by atoms with Crippen molar-refractivity contribution in [2.75, 3.05) is 7.11 Å². The van der Waals surface area contributed by atoms with Crippen molar-refractivity contribution in [3.8, 4) is 5.75 Å². The van der Waals surface area contributed by atoms with Crippen LogP contribution in [0.15, 0.2) is 48.7 Å². The first kappa shape index (κ1) is 11.5. The van der Waals surface area contributed by atoms with Gasteiger partial charge in [0.25, 0.3) is 0 Å². The molecule has 0 radical (unpaired) electrons. The average molecular weight is 228 g/mol. The molecule has 0 aliphatic carbocycles. The SMILES string of the molecule is C=C(O)C(C)c1ccc2cc(OC)ccc2c1. The van der Waals surface area contributed by atoms with Gasteiger partial charge < -0.3 is 9.84 Å². The Morgan fingerprint density at radius 2 is 1.82 bits per heavy atom. The summed E-state index contributed by atoms with van der Waals surface area (Å²) in [4.78, 5) is 0. The van der Waals surface area contributed by atoms with Crippen LogP contribution in [-0.2, 0) is 0 Å². The molecule has 0 fully saturated rings. The van der Waals surface area contributed by atoms with Crippen molar-refractivity contribution < 1.29 is 9.84 Å². The summed E-state index contributed by atoms with van der Waals surface area (Å²) in [7, 11) is 1.66. The molecule has 1 N–H and O–H groups in total. The van der Waals surface area contributed by atoms with Crippen LogP contribution in [0.25, 0.3) is 10.8 Å². The third kappa shape index (κ3) is 2.26. The van der Waals surface area contributed by atoms with E-state index < -0.39 is 0 Å². The summed E-state index contributed by atoms with van der Waals surface area (Å²) in [6.07, 6.45) is 0. The molecule has 0 saturated heterocycles. The molecule has 0 aromatic heterocycles. The van der Waals surface area contributed by atoms with Gasteiger partial charge in [0.2, 0.25) is 0 Å². The van der Waals surface area contributed by atoms with Crippen molar-refractivity contribution >= 4 is 10.8 Å². The minimum absolute atomic E-state index is 0.0403. The zero-order valence-electron chi connectivity index (χ0n) is 10.1. The molecule has 2 heteroatoms. The molecule has 0 heterocycles. The van der Waals surface area contributed by atoms with Crippen LogP contribution in [0.2, 0.25) is 0 Å². The van der Waals surface area contributed by atoms with Crippen molar-refractivity contribution in [3.05, 3.63) is 54.3 Å². The Hall–Kier alpha value is -1.96. The zero-order chi connectivity index (χ0) is 12.4. The van der Waals surface area contributed by atoms with Crippen molar-refractivity contribution in [3.63, 3.8) is 0 Å². The third-order valence-corrected chi connectivity index (χ3v) is 3.07. The number of allylic oxidation sites excluding steroid dienone is 1. The zero-order valence-corrected chi connectivity index (χ0v) is 10.1. The second-order valence-electron chi connectivity index (χ2n) is 4.19. The summed E-state index contributed by atoms with van der Waals surface area (Å²) in [5, 5.41) is 11.7. The van der Waals surface area contributed by atoms with Crippen LogP contribution in [0, 0.1) is 0 Å². The lowest BCUT2D eigenvalue weighted by Gasteiger charge is -2.11. The van der Waals surface area contributed by atoms with Crippen LogP contribution in [0.4, 0.5) is 0 Å². The van der Waals surface area contributed by atoms with Crippen LogP contribution in [0.3, 0.4) is 0 Å². The quantitative estimate of drug-likeness (QED) is 0.804. The number of hydrogen-bond acceptors (Lipinski definition) is 2. The van der Waals surface area contributed by atoms with Gasteiger partial charge >= 0.3 is 0 Å². The van der Waals surface area contributed by atoms with Gasteiger partial charge in [-0.25, -0.2) is 0 Å². The van der Waals surface area contributed by atoms with Crippen molar-refractivity contribution in [2.24, 2.45) is 0 Å². The van der Waals surface area contributed by atoms with Gasteiger partial charge in [-0.05, 0) is 28.5 Å². The Balaban J connectivity index is 2.48. The van der Waals surface area contributed by atoms with E-state index in [-0.39, 0.29) is 11.7 Å². The molecular formula is C15H16O2. The lowest BCUT2D eigenvalue weighted by molar-refractivity contribution is 0.378. The summed E-state index contributed by atoms with van der Waals surface area (Å²) in [6, 6.07) is 12.1. The number of aliphatic hydroxyl groups is 1. The predicted molar refractivity (Wildman–Crippen MR) is 70.7 cm³/mol. The number of benzene rings is 2. The molecular weight excluding hydrogens is 212 g/mol. The monoisotopic (exact) mass is 228 g/mol. The van der Waals surface area contributed by atoms with Gasteiger partial charge in [0, 0.05) is 5.92 Å². The topological polar surface area (TPSA) is 29.5 Å². The van der Waals surface area contributed by atoms with Crippen molar-refractivity contribution in [2.45, 2.75) is 12.8 Å². The van der Waals surface area contributed by atoms with Crippen LogP contribution in [0.5, 0.6) is 5.75 Å². The highest BCUT2D eigenvalue weighted by molar-refractivity contribution is 5.84. The summed E-state index contributed by atoms with van der Waals surface area (Å²) in [6.45, 7) is 5.51. The van der Waals surface area contributed by atoms with Gasteiger partial charge in [0.1, 0.15) is 5.75 Å². The minimum Gasteiger partial charge on any atom is -0.512 e. The van der Waals surface area contributed by atoms with Crippen molar-refractivity contribution in [1.82, 2.24) is 0 Å². The standard InChI is InChI=1S/C15H16O2/c1-10(11(2)16)12-4-5-14-9-15(17-3)7-6-13(14)8-12/h4-10,16H,2H2,1,3H3. The molecule has 17 heavy (non-hydrogen) atoms. The van der Waals surface area contributed by atoms with Crippen LogP contribution < -0.4 is 4.74 Å². The molecule has 2 nitrogen and oxygen atoms in total. The number of aliphatic hydroxyl groups excluding tert-OH is 1. The maximum atomic E-state index is 9.41. The van der Waals surface area contributed by atoms with Gasteiger partial charge in [-0.1, -0.05) is 37.8 Å². The number of ether oxygens (including phenoxy) is 1. The van der Waals surface area contributed by atoms with Crippen LogP contribution in [-0.4, -0.2) is 12.2 Å². The van der Waals surface area contributed by atoms with Gasteiger partial charge in [-0.3, -0.25) is 0 Å². The average Bonchev–Trinajstić information content (AvgIpc) is 2.36. The molecule has 2 aromatic carbocycles. The van der Waals surface area contributed by atoms with Gasteiger partial charge in [-0.15, -0.1) is 0 Å². The fraction of sp³-hybridized carbons (Fsp3) is 0.200. The molecule has 2 aromatic rings. The van der Waals surface area contributed by atoms with E-state index in [2.05, 4.69) is 12.6 Å². The fourth-order valence-electron chi connectivity index (χ4n) is 1.83. The molecule has 0 aliphatic rings. The van der Waals surface area contributed by atoms with E-state index in [4.69, 9.17) is 4.74 Å². The predicted octanol–water partition coefficient (Wildman–Crippen LogP) is 4.02. The van der Waals surface area contributed by atoms with E-state index in [9.17, 15) is 5.11 Å². The summed E-state index contributed by atoms with van der Waals surface area (Å²) in [5.74, 6) is 1.00. The highest BCUT2D eigenvalue weighted by atomic mass is 16.5. The molecule has 0 bridgehead atoms. The minimum atomic E-state index is -0.0403.